The van der Waals surface area contributed by atoms with Crippen LogP contribution in [0.3, 0.4) is 0 Å². The van der Waals surface area contributed by atoms with Gasteiger partial charge < -0.3 is 9.64 Å². The van der Waals surface area contributed by atoms with E-state index in [-0.39, 0.29) is 23.8 Å². The Labute approximate surface area is 159 Å². The van der Waals surface area contributed by atoms with E-state index in [0.717, 1.165) is 30.0 Å². The largest absolute Gasteiger partial charge is 0.374 e. The minimum absolute atomic E-state index is 0.0641. The first-order valence-electron chi connectivity index (χ1n) is 9.48. The van der Waals surface area contributed by atoms with Crippen LogP contribution < -0.4 is 4.31 Å². The summed E-state index contributed by atoms with van der Waals surface area (Å²) in [4.78, 5) is 27.1. The molecular weight excluding hydrogens is 368 g/mol. The molecule has 0 N–H and O–H groups in total. The Balaban J connectivity index is 1.55. The zero-order valence-corrected chi connectivity index (χ0v) is 16.2. The topological polar surface area (TPSA) is 84.0 Å². The summed E-state index contributed by atoms with van der Waals surface area (Å²) in [5.74, 6) is -1.21. The van der Waals surface area contributed by atoms with Gasteiger partial charge in [-0.3, -0.25) is 9.59 Å². The molecular formula is C19H24N2O5S. The molecule has 1 aromatic rings. The fourth-order valence-corrected chi connectivity index (χ4v) is 6.16. The summed E-state index contributed by atoms with van der Waals surface area (Å²) in [7, 11) is -3.64. The predicted molar refractivity (Wildman–Crippen MR) is 99.9 cm³/mol. The number of amides is 2. The molecule has 3 atom stereocenters. The number of sulfonamides is 1. The highest BCUT2D eigenvalue weighted by Gasteiger charge is 2.42. The standard InChI is InChI=1S/C19H24N2O5S/c1-13-12-27(24,25)21(18(13)22)15-8-6-14(7-9-15)19(23)20-10-11-26-17-5-3-2-4-16(17)20/h6-9,13,16-17H,2-5,10-12H2,1H3. The molecule has 4 rings (SSSR count). The van der Waals surface area contributed by atoms with Gasteiger partial charge in [-0.05, 0) is 37.1 Å². The zero-order chi connectivity index (χ0) is 19.2. The Morgan fingerprint density at radius 3 is 2.52 bits per heavy atom. The molecule has 2 amide bonds. The van der Waals surface area contributed by atoms with Crippen molar-refractivity contribution in [3.8, 4) is 0 Å². The molecule has 8 heteroatoms. The van der Waals surface area contributed by atoms with Gasteiger partial charge in [0.1, 0.15) is 0 Å². The Bertz CT molecular complexity index is 849. The summed E-state index contributed by atoms with van der Waals surface area (Å²) in [6.45, 7) is 2.72. The fourth-order valence-electron chi connectivity index (χ4n) is 4.34. The summed E-state index contributed by atoms with van der Waals surface area (Å²) in [6.07, 6.45) is 4.28. The van der Waals surface area contributed by atoms with Crippen LogP contribution >= 0.6 is 0 Å². The van der Waals surface area contributed by atoms with E-state index >= 15 is 0 Å². The normalized spacial score (nSPS) is 30.3. The van der Waals surface area contributed by atoms with Crippen LogP contribution in [0.5, 0.6) is 0 Å². The number of hydrogen-bond donors (Lipinski definition) is 0. The Morgan fingerprint density at radius 2 is 1.85 bits per heavy atom. The van der Waals surface area contributed by atoms with Gasteiger partial charge in [0, 0.05) is 12.1 Å². The van der Waals surface area contributed by atoms with Crippen LogP contribution in [0.15, 0.2) is 24.3 Å². The molecule has 7 nitrogen and oxygen atoms in total. The van der Waals surface area contributed by atoms with Crippen molar-refractivity contribution >= 4 is 27.5 Å². The first-order valence-corrected chi connectivity index (χ1v) is 11.1. The molecule has 2 aliphatic heterocycles. The molecule has 1 aromatic carbocycles. The van der Waals surface area contributed by atoms with Crippen molar-refractivity contribution in [2.24, 2.45) is 5.92 Å². The monoisotopic (exact) mass is 392 g/mol. The Kier molecular flexibility index (Phi) is 4.71. The van der Waals surface area contributed by atoms with Crippen molar-refractivity contribution in [3.63, 3.8) is 0 Å². The van der Waals surface area contributed by atoms with Gasteiger partial charge in [0.2, 0.25) is 15.9 Å². The van der Waals surface area contributed by atoms with Gasteiger partial charge in [-0.25, -0.2) is 12.7 Å². The first kappa shape index (κ1) is 18.4. The third-order valence-corrected chi connectivity index (χ3v) is 7.57. The van der Waals surface area contributed by atoms with E-state index in [1.54, 1.807) is 31.2 Å². The van der Waals surface area contributed by atoms with Crippen LogP contribution in [0.4, 0.5) is 5.69 Å². The van der Waals surface area contributed by atoms with E-state index in [0.29, 0.717) is 24.4 Å². The van der Waals surface area contributed by atoms with Crippen molar-refractivity contribution < 1.29 is 22.7 Å². The van der Waals surface area contributed by atoms with Crippen LogP contribution in [0.1, 0.15) is 43.0 Å². The van der Waals surface area contributed by atoms with Crippen molar-refractivity contribution in [2.45, 2.75) is 44.8 Å². The maximum absolute atomic E-state index is 13.0. The number of fused-ring (bicyclic) bond motifs is 1. The lowest BCUT2D eigenvalue weighted by atomic mass is 9.89. The molecule has 1 aliphatic carbocycles. The Hall–Kier alpha value is -1.93. The molecule has 2 heterocycles. The van der Waals surface area contributed by atoms with Crippen molar-refractivity contribution in [1.82, 2.24) is 4.90 Å². The molecule has 0 spiro atoms. The van der Waals surface area contributed by atoms with E-state index in [9.17, 15) is 18.0 Å². The number of nitrogens with zero attached hydrogens (tertiary/aromatic N) is 2. The third-order valence-electron chi connectivity index (χ3n) is 5.70. The maximum Gasteiger partial charge on any atom is 0.254 e. The minimum Gasteiger partial charge on any atom is -0.374 e. The second-order valence-corrected chi connectivity index (χ2v) is 9.45. The number of morpholine rings is 1. The van der Waals surface area contributed by atoms with Gasteiger partial charge in [-0.15, -0.1) is 0 Å². The van der Waals surface area contributed by atoms with Gasteiger partial charge in [0.05, 0.1) is 36.1 Å². The van der Waals surface area contributed by atoms with Gasteiger partial charge in [-0.2, -0.15) is 0 Å². The van der Waals surface area contributed by atoms with Gasteiger partial charge in [0.15, 0.2) is 0 Å². The van der Waals surface area contributed by atoms with Gasteiger partial charge >= 0.3 is 0 Å². The molecule has 1 saturated carbocycles. The minimum atomic E-state index is -3.64. The summed E-state index contributed by atoms with van der Waals surface area (Å²) < 4.78 is 31.1. The molecule has 3 fully saturated rings. The van der Waals surface area contributed by atoms with E-state index < -0.39 is 21.8 Å². The average Bonchev–Trinajstić information content (AvgIpc) is 2.87. The molecule has 2 saturated heterocycles. The predicted octanol–water partition coefficient (Wildman–Crippen LogP) is 1.78. The quantitative estimate of drug-likeness (QED) is 0.766. The second-order valence-electron chi connectivity index (χ2n) is 7.59. The molecule has 3 aliphatic rings. The lowest BCUT2D eigenvalue weighted by molar-refractivity contribution is -0.119. The van der Waals surface area contributed by atoms with Crippen LogP contribution in [-0.4, -0.2) is 56.2 Å². The number of benzene rings is 1. The highest BCUT2D eigenvalue weighted by molar-refractivity contribution is 7.94. The first-order chi connectivity index (χ1) is 12.9. The molecule has 0 radical (unpaired) electrons. The molecule has 27 heavy (non-hydrogen) atoms. The van der Waals surface area contributed by atoms with Crippen LogP contribution in [0.25, 0.3) is 0 Å². The number of rotatable bonds is 2. The lowest BCUT2D eigenvalue weighted by Crippen LogP contribution is -2.54. The lowest BCUT2D eigenvalue weighted by Gasteiger charge is -2.43. The molecule has 146 valence electrons. The Morgan fingerprint density at radius 1 is 1.15 bits per heavy atom. The summed E-state index contributed by atoms with van der Waals surface area (Å²) in [5.41, 5.74) is 0.792. The summed E-state index contributed by atoms with van der Waals surface area (Å²) >= 11 is 0. The van der Waals surface area contributed by atoms with E-state index in [4.69, 9.17) is 4.74 Å². The van der Waals surface area contributed by atoms with Gasteiger partial charge in [-0.1, -0.05) is 19.8 Å². The number of hydrogen-bond acceptors (Lipinski definition) is 5. The van der Waals surface area contributed by atoms with E-state index in [1.807, 2.05) is 4.90 Å². The smallest absolute Gasteiger partial charge is 0.254 e. The van der Waals surface area contributed by atoms with Crippen molar-refractivity contribution in [1.29, 1.82) is 0 Å². The summed E-state index contributed by atoms with van der Waals surface area (Å²) in [5, 5.41) is 0. The van der Waals surface area contributed by atoms with Crippen LogP contribution in [0, 0.1) is 5.92 Å². The average molecular weight is 392 g/mol. The highest BCUT2D eigenvalue weighted by Crippen LogP contribution is 2.31. The third kappa shape index (κ3) is 3.25. The summed E-state index contributed by atoms with van der Waals surface area (Å²) in [6, 6.07) is 6.41. The SMILES string of the molecule is CC1CS(=O)(=O)N(c2ccc(C(=O)N3CCOC4CCCCC43)cc2)C1=O. The molecule has 0 aromatic heterocycles. The zero-order valence-electron chi connectivity index (χ0n) is 15.3. The number of carbonyl (C=O) groups is 2. The van der Waals surface area contributed by atoms with E-state index in [1.165, 1.54) is 0 Å². The van der Waals surface area contributed by atoms with Crippen LogP contribution in [-0.2, 0) is 19.6 Å². The van der Waals surface area contributed by atoms with Crippen molar-refractivity contribution in [2.75, 3.05) is 23.2 Å². The molecule has 3 unspecified atom stereocenters. The highest BCUT2D eigenvalue weighted by atomic mass is 32.2. The van der Waals surface area contributed by atoms with E-state index in [2.05, 4.69) is 0 Å². The maximum atomic E-state index is 13.0. The second kappa shape index (κ2) is 6.91. The van der Waals surface area contributed by atoms with Crippen LogP contribution in [0.2, 0.25) is 0 Å². The number of ether oxygens (including phenoxy) is 1. The number of carbonyl (C=O) groups excluding carboxylic acids is 2. The van der Waals surface area contributed by atoms with Crippen molar-refractivity contribution in [3.05, 3.63) is 29.8 Å². The number of anilines is 1. The van der Waals surface area contributed by atoms with Gasteiger partial charge in [0.25, 0.3) is 5.91 Å². The fraction of sp³-hybridized carbons (Fsp3) is 0.579. The molecule has 0 bridgehead atoms.